The number of carbonyl (C=O) groups excluding carboxylic acids is 2. The average Bonchev–Trinajstić information content (AvgIpc) is 3.24. The van der Waals surface area contributed by atoms with Crippen molar-refractivity contribution in [2.24, 2.45) is 0 Å². The van der Waals surface area contributed by atoms with Gasteiger partial charge in [0.1, 0.15) is 6.04 Å². The summed E-state index contributed by atoms with van der Waals surface area (Å²) in [4.78, 5) is 30.2. The first-order chi connectivity index (χ1) is 11.2. The predicted octanol–water partition coefficient (Wildman–Crippen LogP) is 0.0565. The molecule has 0 spiro atoms. The topological polar surface area (TPSA) is 98.1 Å². The number of nitrogens with one attached hydrogen (secondary N) is 2. The molecule has 2 aliphatic heterocycles. The van der Waals surface area contributed by atoms with Crippen LogP contribution in [0.4, 0.5) is 0 Å². The van der Waals surface area contributed by atoms with E-state index in [-0.39, 0.29) is 29.9 Å². The number of nitrogens with zero attached hydrogens (tertiary/aromatic N) is 3. The summed E-state index contributed by atoms with van der Waals surface area (Å²) in [5.74, 6) is -0.196. The summed E-state index contributed by atoms with van der Waals surface area (Å²) in [6.07, 6.45) is 5.31. The van der Waals surface area contributed by atoms with Gasteiger partial charge in [-0.05, 0) is 31.4 Å². The second-order valence-corrected chi connectivity index (χ2v) is 5.92. The molecule has 0 bridgehead atoms. The molecule has 0 aliphatic carbocycles. The van der Waals surface area contributed by atoms with Crippen molar-refractivity contribution >= 4 is 11.8 Å². The van der Waals surface area contributed by atoms with E-state index in [1.165, 1.54) is 0 Å². The zero-order valence-corrected chi connectivity index (χ0v) is 12.7. The van der Waals surface area contributed by atoms with Gasteiger partial charge in [-0.25, -0.2) is 0 Å². The van der Waals surface area contributed by atoms with E-state index in [2.05, 4.69) is 21.7 Å². The van der Waals surface area contributed by atoms with Crippen molar-refractivity contribution in [1.82, 2.24) is 20.5 Å². The van der Waals surface area contributed by atoms with Crippen LogP contribution in [0.5, 0.6) is 0 Å². The zero-order chi connectivity index (χ0) is 16.2. The molecule has 7 heteroatoms. The molecule has 0 saturated carbocycles. The van der Waals surface area contributed by atoms with Gasteiger partial charge >= 0.3 is 0 Å². The highest BCUT2D eigenvalue weighted by Crippen LogP contribution is 2.20. The van der Waals surface area contributed by atoms with Crippen LogP contribution in [0.15, 0.2) is 24.5 Å². The number of hydrogen-bond donors (Lipinski definition) is 2. The number of hydrogen-bond acceptors (Lipinski definition) is 5. The van der Waals surface area contributed by atoms with Crippen molar-refractivity contribution in [3.63, 3.8) is 0 Å². The Morgan fingerprint density at radius 3 is 2.91 bits per heavy atom. The van der Waals surface area contributed by atoms with Crippen LogP contribution in [0.3, 0.4) is 0 Å². The molecule has 2 fully saturated rings. The summed E-state index contributed by atoms with van der Waals surface area (Å²) in [5, 5.41) is 15.2. The lowest BCUT2D eigenvalue weighted by atomic mass is 10.1. The quantitative estimate of drug-likeness (QED) is 0.822. The van der Waals surface area contributed by atoms with E-state index in [1.807, 2.05) is 0 Å². The summed E-state index contributed by atoms with van der Waals surface area (Å²) in [5.41, 5.74) is 0.555. The third-order valence-electron chi connectivity index (χ3n) is 4.39. The number of rotatable bonds is 3. The minimum atomic E-state index is -0.327. The van der Waals surface area contributed by atoms with Crippen LogP contribution < -0.4 is 10.6 Å². The minimum absolute atomic E-state index is 0.0327. The van der Waals surface area contributed by atoms with Crippen molar-refractivity contribution < 1.29 is 9.59 Å². The number of pyridine rings is 1. The van der Waals surface area contributed by atoms with E-state index in [0.717, 1.165) is 12.8 Å². The van der Waals surface area contributed by atoms with E-state index in [0.29, 0.717) is 25.1 Å². The lowest BCUT2D eigenvalue weighted by Gasteiger charge is -2.23. The third-order valence-corrected chi connectivity index (χ3v) is 4.39. The maximum atomic E-state index is 12.5. The maximum absolute atomic E-state index is 12.5. The molecule has 1 aromatic heterocycles. The zero-order valence-electron chi connectivity index (χ0n) is 12.7. The van der Waals surface area contributed by atoms with Crippen LogP contribution >= 0.6 is 0 Å². The SMILES string of the molecule is N#CC1CCCN1C(=O)[C@@H]1C[C@H](NC(=O)c2ccncc2)CN1. The predicted molar refractivity (Wildman–Crippen MR) is 82.2 cm³/mol. The fraction of sp³-hybridized carbons (Fsp3) is 0.500. The van der Waals surface area contributed by atoms with Gasteiger partial charge in [-0.1, -0.05) is 0 Å². The summed E-state index contributed by atoms with van der Waals surface area (Å²) in [6, 6.07) is 4.77. The van der Waals surface area contributed by atoms with Crippen LogP contribution in [-0.4, -0.2) is 52.9 Å². The molecule has 3 rings (SSSR count). The maximum Gasteiger partial charge on any atom is 0.251 e. The fourth-order valence-corrected chi connectivity index (χ4v) is 3.17. The highest BCUT2D eigenvalue weighted by molar-refractivity contribution is 5.94. The van der Waals surface area contributed by atoms with Crippen LogP contribution in [-0.2, 0) is 4.79 Å². The highest BCUT2D eigenvalue weighted by atomic mass is 16.2. The molecule has 1 aromatic rings. The molecule has 2 N–H and O–H groups in total. The van der Waals surface area contributed by atoms with Crippen LogP contribution in [0.25, 0.3) is 0 Å². The molecular weight excluding hydrogens is 294 g/mol. The van der Waals surface area contributed by atoms with Gasteiger partial charge in [0.05, 0.1) is 12.1 Å². The van der Waals surface area contributed by atoms with E-state index in [9.17, 15) is 9.59 Å². The number of aromatic nitrogens is 1. The van der Waals surface area contributed by atoms with Crippen molar-refractivity contribution in [3.8, 4) is 6.07 Å². The van der Waals surface area contributed by atoms with Crippen LogP contribution in [0, 0.1) is 11.3 Å². The molecule has 3 atom stereocenters. The first kappa shape index (κ1) is 15.4. The van der Waals surface area contributed by atoms with Gasteiger partial charge in [0, 0.05) is 37.1 Å². The van der Waals surface area contributed by atoms with Crippen LogP contribution in [0.1, 0.15) is 29.6 Å². The summed E-state index contributed by atoms with van der Waals surface area (Å²) >= 11 is 0. The number of carbonyl (C=O) groups is 2. The molecular formula is C16H19N5O2. The normalized spacial score (nSPS) is 26.7. The fourth-order valence-electron chi connectivity index (χ4n) is 3.17. The molecule has 2 amide bonds. The van der Waals surface area contributed by atoms with E-state index in [4.69, 9.17) is 5.26 Å². The number of amides is 2. The molecule has 0 aromatic carbocycles. The largest absolute Gasteiger partial charge is 0.348 e. The molecule has 1 unspecified atom stereocenters. The minimum Gasteiger partial charge on any atom is -0.348 e. The van der Waals surface area contributed by atoms with Gasteiger partial charge in [-0.3, -0.25) is 14.6 Å². The van der Waals surface area contributed by atoms with Gasteiger partial charge in [0.2, 0.25) is 5.91 Å². The number of likely N-dealkylation sites (tertiary alicyclic amines) is 1. The van der Waals surface area contributed by atoms with Crippen molar-refractivity contribution in [3.05, 3.63) is 30.1 Å². The summed E-state index contributed by atoms with van der Waals surface area (Å²) in [6.45, 7) is 1.20. The standard InChI is InChI=1S/C16H19N5O2/c17-9-13-2-1-7-21(13)16(23)14-8-12(10-19-14)20-15(22)11-3-5-18-6-4-11/h3-6,12-14,19H,1-2,7-8,10H2,(H,20,22)/t12-,13?,14-/m0/s1. The monoisotopic (exact) mass is 313 g/mol. The molecule has 23 heavy (non-hydrogen) atoms. The lowest BCUT2D eigenvalue weighted by Crippen LogP contribution is -2.45. The van der Waals surface area contributed by atoms with E-state index in [1.54, 1.807) is 29.4 Å². The van der Waals surface area contributed by atoms with Gasteiger partial charge in [-0.2, -0.15) is 5.26 Å². The molecule has 120 valence electrons. The van der Waals surface area contributed by atoms with E-state index < -0.39 is 0 Å². The van der Waals surface area contributed by atoms with Crippen LogP contribution in [0.2, 0.25) is 0 Å². The first-order valence-electron chi connectivity index (χ1n) is 7.83. The first-order valence-corrected chi connectivity index (χ1v) is 7.83. The van der Waals surface area contributed by atoms with Gasteiger partial charge in [0.15, 0.2) is 0 Å². The van der Waals surface area contributed by atoms with Gasteiger partial charge < -0.3 is 15.5 Å². The lowest BCUT2D eigenvalue weighted by molar-refractivity contribution is -0.133. The molecule has 2 saturated heterocycles. The Morgan fingerprint density at radius 2 is 2.17 bits per heavy atom. The Balaban J connectivity index is 1.55. The molecule has 2 aliphatic rings. The average molecular weight is 313 g/mol. The second kappa shape index (κ2) is 6.75. The Bertz CT molecular complexity index is 627. The molecule has 0 radical (unpaired) electrons. The van der Waals surface area contributed by atoms with E-state index >= 15 is 0 Å². The second-order valence-electron chi connectivity index (χ2n) is 5.92. The van der Waals surface area contributed by atoms with Crippen molar-refractivity contribution in [2.45, 2.75) is 37.4 Å². The van der Waals surface area contributed by atoms with Crippen molar-refractivity contribution in [2.75, 3.05) is 13.1 Å². The summed E-state index contributed by atoms with van der Waals surface area (Å²) in [7, 11) is 0. The number of nitriles is 1. The Labute approximate surface area is 134 Å². The Morgan fingerprint density at radius 1 is 1.39 bits per heavy atom. The smallest absolute Gasteiger partial charge is 0.251 e. The third kappa shape index (κ3) is 3.32. The summed E-state index contributed by atoms with van der Waals surface area (Å²) < 4.78 is 0. The Kier molecular flexibility index (Phi) is 4.53. The molecule has 3 heterocycles. The van der Waals surface area contributed by atoms with Gasteiger partial charge in [0.25, 0.3) is 5.91 Å². The highest BCUT2D eigenvalue weighted by Gasteiger charge is 2.37. The van der Waals surface area contributed by atoms with Gasteiger partial charge in [-0.15, -0.1) is 0 Å². The Hall–Kier alpha value is -2.46. The molecule has 7 nitrogen and oxygen atoms in total. The van der Waals surface area contributed by atoms with Crippen molar-refractivity contribution in [1.29, 1.82) is 5.26 Å².